The molecule has 0 spiro atoms. The van der Waals surface area contributed by atoms with Gasteiger partial charge in [-0.25, -0.2) is 0 Å². The van der Waals surface area contributed by atoms with Crippen molar-refractivity contribution in [3.63, 3.8) is 0 Å². The van der Waals surface area contributed by atoms with Gasteiger partial charge in [-0.05, 0) is 143 Å². The number of carbonyl (C=O) groups excluding carboxylic acids is 1. The topological polar surface area (TPSA) is 88.5 Å². The molecule has 0 amide bonds. The zero-order valence-electron chi connectivity index (χ0n) is 36.7. The highest BCUT2D eigenvalue weighted by Crippen LogP contribution is 2.40. The van der Waals surface area contributed by atoms with Crippen LogP contribution >= 0.6 is 0 Å². The second-order valence-corrected chi connectivity index (χ2v) is 20.2. The van der Waals surface area contributed by atoms with Crippen LogP contribution in [0.15, 0.2) is 72.8 Å². The number of rotatable bonds is 10. The molecule has 4 aliphatic rings. The van der Waals surface area contributed by atoms with Crippen molar-refractivity contribution in [3.8, 4) is 11.5 Å². The van der Waals surface area contributed by atoms with Gasteiger partial charge < -0.3 is 19.3 Å². The molecule has 0 atom stereocenters. The molecule has 8 heteroatoms. The second-order valence-electron chi connectivity index (χ2n) is 20.2. The highest BCUT2D eigenvalue weighted by atomic mass is 16.5. The van der Waals surface area contributed by atoms with Crippen molar-refractivity contribution in [2.75, 3.05) is 33.3 Å². The first-order valence-corrected chi connectivity index (χ1v) is 22.2. The van der Waals surface area contributed by atoms with Crippen molar-refractivity contribution in [2.24, 2.45) is 34.5 Å². The molecule has 59 heavy (non-hydrogen) atoms. The fourth-order valence-electron chi connectivity index (χ4n) is 9.75. The Morgan fingerprint density at radius 2 is 0.932 bits per heavy atom. The van der Waals surface area contributed by atoms with Crippen LogP contribution in [-0.4, -0.2) is 72.3 Å². The van der Waals surface area contributed by atoms with Gasteiger partial charge in [0.15, 0.2) is 0 Å². The number of carboxylic acids is 1. The molecule has 2 aliphatic heterocycles. The van der Waals surface area contributed by atoms with Crippen molar-refractivity contribution in [3.05, 3.63) is 83.9 Å². The number of ether oxygens (including phenoxy) is 3. The molecule has 8 nitrogen and oxygen atoms in total. The summed E-state index contributed by atoms with van der Waals surface area (Å²) in [5.74, 6) is 2.62. The first kappa shape index (κ1) is 43.0. The van der Waals surface area contributed by atoms with Crippen molar-refractivity contribution in [2.45, 2.75) is 118 Å². The Morgan fingerprint density at radius 3 is 1.31 bits per heavy atom. The average molecular weight is 805 g/mol. The molecule has 1 N–H and O–H groups in total. The number of nitrogens with zero attached hydrogens (tertiary/aromatic N) is 2. The van der Waals surface area contributed by atoms with Gasteiger partial charge in [0.25, 0.3) is 0 Å². The highest BCUT2D eigenvalue weighted by Gasteiger charge is 2.35. The lowest BCUT2D eigenvalue weighted by atomic mass is 9.72. The molecular formula is C51H68N2O6. The van der Waals surface area contributed by atoms with Gasteiger partial charge in [0.2, 0.25) is 0 Å². The zero-order valence-corrected chi connectivity index (χ0v) is 36.7. The fraction of sp³-hybridized carbons (Fsp3) is 0.569. The molecule has 0 bridgehead atoms. The summed E-state index contributed by atoms with van der Waals surface area (Å²) < 4.78 is 17.5. The molecule has 2 saturated heterocycles. The third-order valence-corrected chi connectivity index (χ3v) is 13.8. The Hall–Kier alpha value is -4.14. The Morgan fingerprint density at radius 1 is 0.559 bits per heavy atom. The van der Waals surface area contributed by atoms with E-state index in [1.165, 1.54) is 65.5 Å². The van der Waals surface area contributed by atoms with E-state index in [1.807, 2.05) is 0 Å². The van der Waals surface area contributed by atoms with E-state index in [-0.39, 0.29) is 17.8 Å². The van der Waals surface area contributed by atoms with Gasteiger partial charge in [0.05, 0.1) is 31.2 Å². The lowest BCUT2D eigenvalue weighted by molar-refractivity contribution is -0.151. The van der Waals surface area contributed by atoms with E-state index in [1.54, 1.807) is 0 Å². The van der Waals surface area contributed by atoms with Crippen LogP contribution in [0.3, 0.4) is 0 Å². The number of aliphatic carboxylic acids is 1. The van der Waals surface area contributed by atoms with Crippen LogP contribution in [0.2, 0.25) is 0 Å². The number of carboxylic acid groups (broad SMARTS) is 1. The minimum Gasteiger partial charge on any atom is -0.490 e. The molecule has 0 aromatic heterocycles. The van der Waals surface area contributed by atoms with E-state index < -0.39 is 5.97 Å². The number of benzene rings is 4. The van der Waals surface area contributed by atoms with Crippen molar-refractivity contribution < 1.29 is 28.9 Å². The van der Waals surface area contributed by atoms with Gasteiger partial charge in [-0.1, -0.05) is 77.9 Å². The first-order chi connectivity index (χ1) is 28.1. The molecule has 2 saturated carbocycles. The summed E-state index contributed by atoms with van der Waals surface area (Å²) in [6, 6.07) is 26.0. The quantitative estimate of drug-likeness (QED) is 0.159. The van der Waals surface area contributed by atoms with Crippen LogP contribution in [0.4, 0.5) is 0 Å². The lowest BCUT2D eigenvalue weighted by Gasteiger charge is -2.37. The maximum absolute atomic E-state index is 11.5. The number of fused-ring (bicyclic) bond motifs is 2. The number of carbonyl (C=O) groups is 2. The molecule has 8 rings (SSSR count). The third kappa shape index (κ3) is 11.2. The highest BCUT2D eigenvalue weighted by molar-refractivity contribution is 5.85. The summed E-state index contributed by atoms with van der Waals surface area (Å²) in [5.41, 5.74) is 3.31. The lowest BCUT2D eigenvalue weighted by Crippen LogP contribution is -2.49. The van der Waals surface area contributed by atoms with Crippen LogP contribution in [0.5, 0.6) is 11.5 Å². The summed E-state index contributed by atoms with van der Waals surface area (Å²) in [6.45, 7) is 18.7. The van der Waals surface area contributed by atoms with Gasteiger partial charge >= 0.3 is 11.9 Å². The van der Waals surface area contributed by atoms with Gasteiger partial charge in [-0.3, -0.25) is 19.4 Å². The summed E-state index contributed by atoms with van der Waals surface area (Å²) in [6.07, 6.45) is 10.3. The molecule has 0 radical (unpaired) electrons. The van der Waals surface area contributed by atoms with E-state index in [9.17, 15) is 9.59 Å². The van der Waals surface area contributed by atoms with Crippen LogP contribution in [0.1, 0.15) is 104 Å². The summed E-state index contributed by atoms with van der Waals surface area (Å²) in [5, 5.41) is 13.9. The van der Waals surface area contributed by atoms with E-state index in [0.717, 1.165) is 75.2 Å². The maximum Gasteiger partial charge on any atom is 0.311 e. The average Bonchev–Trinajstić information content (AvgIpc) is 3.17. The van der Waals surface area contributed by atoms with Gasteiger partial charge in [-0.15, -0.1) is 0 Å². The second kappa shape index (κ2) is 18.2. The number of hydrogen-bond donors (Lipinski definition) is 1. The van der Waals surface area contributed by atoms with Crippen molar-refractivity contribution in [1.29, 1.82) is 0 Å². The van der Waals surface area contributed by atoms with Crippen molar-refractivity contribution in [1.82, 2.24) is 9.80 Å². The molecule has 2 aliphatic carbocycles. The predicted octanol–water partition coefficient (Wildman–Crippen LogP) is 10.8. The number of hydrogen-bond acceptors (Lipinski definition) is 7. The predicted molar refractivity (Wildman–Crippen MR) is 237 cm³/mol. The number of esters is 1. The summed E-state index contributed by atoms with van der Waals surface area (Å²) in [4.78, 5) is 27.0. The van der Waals surface area contributed by atoms with E-state index in [0.29, 0.717) is 36.1 Å². The molecule has 4 fully saturated rings. The largest absolute Gasteiger partial charge is 0.490 e. The van der Waals surface area contributed by atoms with E-state index in [2.05, 4.69) is 124 Å². The Kier molecular flexibility index (Phi) is 13.3. The molecule has 0 unspecified atom stereocenters. The van der Waals surface area contributed by atoms with Gasteiger partial charge in [0.1, 0.15) is 11.5 Å². The zero-order chi connectivity index (χ0) is 41.9. The van der Waals surface area contributed by atoms with Crippen LogP contribution in [-0.2, 0) is 27.4 Å². The molecular weight excluding hydrogens is 737 g/mol. The Balaban J connectivity index is 0.000000179. The van der Waals surface area contributed by atoms with E-state index in [4.69, 9.17) is 19.3 Å². The normalized spacial score (nSPS) is 23.4. The first-order valence-electron chi connectivity index (χ1n) is 22.2. The van der Waals surface area contributed by atoms with Crippen LogP contribution in [0.25, 0.3) is 21.5 Å². The molecule has 4 aromatic carbocycles. The molecule has 4 aromatic rings. The summed E-state index contributed by atoms with van der Waals surface area (Å²) in [7, 11) is 1.46. The van der Waals surface area contributed by atoms with Crippen LogP contribution < -0.4 is 9.47 Å². The molecule has 2 heterocycles. The Labute approximate surface area is 352 Å². The standard InChI is InChI=1S/C26H35NO3.C25H33NO3/c1-26(2,3)22-8-11-23(12-9-22)30-24-10-7-19-13-18(5-6-20(19)14-24)15-27-16-21(17-27)25(28)29-4;1-25(2,3)21-7-10-22(11-8-21)29-23-9-6-18-12-17(4-5-19(18)13-23)14-26-15-20(16-26)24(27)28/h5-7,10,13-14,21-23H,8-9,11-12,15-17H2,1-4H3;4-6,9,12-13,20-22H,7-8,10-11,14-16H2,1-3H3,(H,27,28). The maximum atomic E-state index is 11.5. The smallest absolute Gasteiger partial charge is 0.311 e. The third-order valence-electron chi connectivity index (χ3n) is 13.8. The van der Waals surface area contributed by atoms with E-state index >= 15 is 0 Å². The van der Waals surface area contributed by atoms with Gasteiger partial charge in [0, 0.05) is 39.3 Å². The minimum absolute atomic E-state index is 0.0358. The number of likely N-dealkylation sites (tertiary alicyclic amines) is 2. The molecule has 318 valence electrons. The summed E-state index contributed by atoms with van der Waals surface area (Å²) >= 11 is 0. The van der Waals surface area contributed by atoms with Crippen LogP contribution in [0, 0.1) is 34.5 Å². The SMILES string of the molecule is CC(C)(C)C1CCC(Oc2ccc3cc(CN4CC(C(=O)O)C4)ccc3c2)CC1.COC(=O)C1CN(Cc2ccc3cc(OC4CCC(C(C)(C)C)CC4)ccc3c2)C1. The van der Waals surface area contributed by atoms with Gasteiger partial charge in [-0.2, -0.15) is 0 Å². The van der Waals surface area contributed by atoms with Crippen molar-refractivity contribution >= 4 is 33.5 Å². The number of methoxy groups -OCH3 is 1. The minimum atomic E-state index is -0.681. The monoisotopic (exact) mass is 805 g/mol. The Bertz CT molecular complexity index is 2050. The fourth-order valence-corrected chi connectivity index (χ4v) is 9.75.